The minimum Gasteiger partial charge on any atom is -0.213 e. The van der Waals surface area contributed by atoms with Crippen molar-refractivity contribution in [1.82, 2.24) is 20.2 Å². The number of halogens is 2. The molecule has 0 fully saturated rings. The third-order valence-corrected chi connectivity index (χ3v) is 1.96. The second kappa shape index (κ2) is 4.06. The van der Waals surface area contributed by atoms with Gasteiger partial charge in [-0.05, 0) is 22.6 Å². The molecular formula is C10H6F2N4. The minimum atomic E-state index is -0.729. The predicted molar refractivity (Wildman–Crippen MR) is 52.0 cm³/mol. The number of nitrogens with zero attached hydrogens (tertiary/aromatic N) is 4. The summed E-state index contributed by atoms with van der Waals surface area (Å²) in [5.74, 6) is 0.818. The fourth-order valence-electron chi connectivity index (χ4n) is 1.29. The van der Waals surface area contributed by atoms with Gasteiger partial charge in [0.15, 0.2) is 5.82 Å². The standard InChI is InChI=1S/C10H6F2N4/c1-2-6-16-10(13-14-15-16)9-7(11)4-3-5-8(9)12/h1,3-5H,6H2. The van der Waals surface area contributed by atoms with Crippen molar-refractivity contribution in [2.24, 2.45) is 0 Å². The van der Waals surface area contributed by atoms with Crippen LogP contribution < -0.4 is 0 Å². The van der Waals surface area contributed by atoms with Crippen molar-refractivity contribution in [1.29, 1.82) is 0 Å². The third kappa shape index (κ3) is 1.63. The fraction of sp³-hybridized carbons (Fsp3) is 0.100. The largest absolute Gasteiger partial charge is 0.213 e. The fourth-order valence-corrected chi connectivity index (χ4v) is 1.29. The molecule has 0 atom stereocenters. The smallest absolute Gasteiger partial charge is 0.188 e. The average Bonchev–Trinajstić information content (AvgIpc) is 2.67. The van der Waals surface area contributed by atoms with E-state index in [4.69, 9.17) is 6.42 Å². The van der Waals surface area contributed by atoms with Crippen LogP contribution in [0.5, 0.6) is 0 Å². The molecule has 0 aliphatic carbocycles. The molecule has 0 saturated heterocycles. The maximum absolute atomic E-state index is 13.4. The molecule has 0 aliphatic heterocycles. The van der Waals surface area contributed by atoms with Gasteiger partial charge in [-0.25, -0.2) is 13.5 Å². The van der Waals surface area contributed by atoms with Crippen LogP contribution in [0.3, 0.4) is 0 Å². The lowest BCUT2D eigenvalue weighted by molar-refractivity contribution is 0.582. The van der Waals surface area contributed by atoms with E-state index >= 15 is 0 Å². The van der Waals surface area contributed by atoms with Gasteiger partial charge in [0.1, 0.15) is 18.2 Å². The van der Waals surface area contributed by atoms with E-state index in [9.17, 15) is 8.78 Å². The Balaban J connectivity index is 2.59. The first-order valence-electron chi connectivity index (χ1n) is 4.38. The molecule has 0 N–H and O–H groups in total. The SMILES string of the molecule is C#CCn1nnnc1-c1c(F)cccc1F. The van der Waals surface area contributed by atoms with E-state index in [1.54, 1.807) is 0 Å². The first-order valence-corrected chi connectivity index (χ1v) is 4.38. The molecular weight excluding hydrogens is 214 g/mol. The van der Waals surface area contributed by atoms with Crippen LogP contribution in [-0.2, 0) is 6.54 Å². The van der Waals surface area contributed by atoms with E-state index in [0.29, 0.717) is 0 Å². The Morgan fingerprint density at radius 3 is 2.62 bits per heavy atom. The summed E-state index contributed by atoms with van der Waals surface area (Å²) in [6.45, 7) is 0.0517. The van der Waals surface area contributed by atoms with Crippen molar-refractivity contribution in [3.8, 4) is 23.7 Å². The van der Waals surface area contributed by atoms with Gasteiger partial charge in [0.05, 0.1) is 5.56 Å². The van der Waals surface area contributed by atoms with E-state index in [1.165, 1.54) is 6.07 Å². The van der Waals surface area contributed by atoms with E-state index in [0.717, 1.165) is 16.8 Å². The molecule has 1 aromatic heterocycles. The molecule has 16 heavy (non-hydrogen) atoms. The molecule has 0 amide bonds. The maximum atomic E-state index is 13.4. The van der Waals surface area contributed by atoms with Crippen molar-refractivity contribution in [2.45, 2.75) is 6.54 Å². The number of rotatable bonds is 2. The van der Waals surface area contributed by atoms with Gasteiger partial charge in [-0.3, -0.25) is 0 Å². The second-order valence-corrected chi connectivity index (χ2v) is 2.96. The highest BCUT2D eigenvalue weighted by atomic mass is 19.1. The summed E-state index contributed by atoms with van der Waals surface area (Å²) in [4.78, 5) is 0. The number of hydrogen-bond donors (Lipinski definition) is 0. The number of hydrogen-bond acceptors (Lipinski definition) is 3. The summed E-state index contributed by atoms with van der Waals surface area (Å²) >= 11 is 0. The zero-order valence-electron chi connectivity index (χ0n) is 8.06. The van der Waals surface area contributed by atoms with Crippen LogP contribution >= 0.6 is 0 Å². The van der Waals surface area contributed by atoms with E-state index in [1.807, 2.05) is 0 Å². The summed E-state index contributed by atoms with van der Waals surface area (Å²) in [6.07, 6.45) is 5.09. The van der Waals surface area contributed by atoms with Crippen molar-refractivity contribution >= 4 is 0 Å². The summed E-state index contributed by atoms with van der Waals surface area (Å²) in [7, 11) is 0. The molecule has 2 rings (SSSR count). The summed E-state index contributed by atoms with van der Waals surface area (Å²) < 4.78 is 28.0. The molecule has 0 bridgehead atoms. The number of aromatic nitrogens is 4. The van der Waals surface area contributed by atoms with Crippen LogP contribution in [0.2, 0.25) is 0 Å². The number of benzene rings is 1. The van der Waals surface area contributed by atoms with Crippen LogP contribution in [0.4, 0.5) is 8.78 Å². The highest BCUT2D eigenvalue weighted by molar-refractivity contribution is 5.56. The van der Waals surface area contributed by atoms with Crippen LogP contribution in [-0.4, -0.2) is 20.2 Å². The van der Waals surface area contributed by atoms with E-state index < -0.39 is 11.6 Å². The Morgan fingerprint density at radius 1 is 1.31 bits per heavy atom. The average molecular weight is 220 g/mol. The summed E-state index contributed by atoms with van der Waals surface area (Å²) in [6, 6.07) is 3.53. The highest BCUT2D eigenvalue weighted by Gasteiger charge is 2.17. The lowest BCUT2D eigenvalue weighted by Crippen LogP contribution is -2.03. The van der Waals surface area contributed by atoms with Gasteiger partial charge in [-0.15, -0.1) is 11.5 Å². The Bertz CT molecular complexity index is 536. The second-order valence-electron chi connectivity index (χ2n) is 2.96. The molecule has 0 aliphatic rings. The Hall–Kier alpha value is -2.29. The molecule has 2 aromatic rings. The van der Waals surface area contributed by atoms with Crippen molar-refractivity contribution in [3.63, 3.8) is 0 Å². The Kier molecular flexibility index (Phi) is 2.60. The predicted octanol–water partition coefficient (Wildman–Crippen LogP) is 1.25. The Morgan fingerprint density at radius 2 is 2.00 bits per heavy atom. The minimum absolute atomic E-state index is 0.0199. The van der Waals surface area contributed by atoms with E-state index in [2.05, 4.69) is 21.4 Å². The lowest BCUT2D eigenvalue weighted by Gasteiger charge is -2.03. The zero-order valence-corrected chi connectivity index (χ0v) is 8.06. The normalized spacial score (nSPS) is 10.1. The van der Waals surface area contributed by atoms with Gasteiger partial charge in [0.25, 0.3) is 0 Å². The summed E-state index contributed by atoms with van der Waals surface area (Å²) in [5, 5.41) is 10.4. The van der Waals surface area contributed by atoms with Crippen molar-refractivity contribution in [3.05, 3.63) is 29.8 Å². The van der Waals surface area contributed by atoms with Gasteiger partial charge in [-0.2, -0.15) is 0 Å². The van der Waals surface area contributed by atoms with E-state index in [-0.39, 0.29) is 17.9 Å². The molecule has 6 heteroatoms. The molecule has 4 nitrogen and oxygen atoms in total. The van der Waals surface area contributed by atoms with Gasteiger partial charge in [0.2, 0.25) is 0 Å². The van der Waals surface area contributed by atoms with Gasteiger partial charge < -0.3 is 0 Å². The van der Waals surface area contributed by atoms with Gasteiger partial charge in [0, 0.05) is 0 Å². The van der Waals surface area contributed by atoms with Crippen LogP contribution in [0.1, 0.15) is 0 Å². The first-order chi connectivity index (χ1) is 7.74. The molecule has 1 heterocycles. The van der Waals surface area contributed by atoms with Gasteiger partial charge >= 0.3 is 0 Å². The molecule has 1 aromatic carbocycles. The maximum Gasteiger partial charge on any atom is 0.188 e. The summed E-state index contributed by atoms with van der Waals surface area (Å²) in [5.41, 5.74) is -0.275. The quantitative estimate of drug-likeness (QED) is 0.715. The van der Waals surface area contributed by atoms with Crippen LogP contribution in [0, 0.1) is 24.0 Å². The molecule has 0 saturated carbocycles. The molecule has 80 valence electrons. The molecule has 0 unspecified atom stereocenters. The molecule has 0 radical (unpaired) electrons. The number of tetrazole rings is 1. The van der Waals surface area contributed by atoms with Crippen LogP contribution in [0.25, 0.3) is 11.4 Å². The van der Waals surface area contributed by atoms with Crippen molar-refractivity contribution < 1.29 is 8.78 Å². The third-order valence-electron chi connectivity index (χ3n) is 1.96. The molecule has 0 spiro atoms. The highest BCUT2D eigenvalue weighted by Crippen LogP contribution is 2.22. The van der Waals surface area contributed by atoms with Gasteiger partial charge in [-0.1, -0.05) is 12.0 Å². The lowest BCUT2D eigenvalue weighted by atomic mass is 10.2. The topological polar surface area (TPSA) is 43.6 Å². The van der Waals surface area contributed by atoms with Crippen molar-refractivity contribution in [2.75, 3.05) is 0 Å². The monoisotopic (exact) mass is 220 g/mol. The number of terminal acetylenes is 1. The van der Waals surface area contributed by atoms with Crippen LogP contribution in [0.15, 0.2) is 18.2 Å². The zero-order chi connectivity index (χ0) is 11.5. The Labute approximate surface area is 89.9 Å². The first kappa shape index (κ1) is 10.2.